The topological polar surface area (TPSA) is 39.2 Å². The minimum Gasteiger partial charge on any atom is -0.465 e. The van der Waals surface area contributed by atoms with Crippen molar-refractivity contribution in [2.45, 2.75) is 6.92 Å². The average Bonchev–Trinajstić information content (AvgIpc) is 2.53. The number of aromatic nitrogens is 1. The Labute approximate surface area is 85.3 Å². The van der Waals surface area contributed by atoms with E-state index in [1.165, 1.54) is 7.11 Å². The Kier molecular flexibility index (Phi) is 2.21. The lowest BCUT2D eigenvalue weighted by Crippen LogP contribution is -2.01. The number of pyridine rings is 1. The molecule has 0 unspecified atom stereocenters. The standard InChI is InChI=1S/C10H9NO2S/c1-6-9(10(12)13-2)7-3-4-11-5-8(7)14-6/h3-5H,1-2H3. The van der Waals surface area contributed by atoms with Gasteiger partial charge in [0.05, 0.1) is 17.4 Å². The highest BCUT2D eigenvalue weighted by Crippen LogP contribution is 2.30. The molecular formula is C10H9NO2S. The van der Waals surface area contributed by atoms with Crippen molar-refractivity contribution in [1.29, 1.82) is 0 Å². The largest absolute Gasteiger partial charge is 0.465 e. The van der Waals surface area contributed by atoms with Crippen LogP contribution in [0.3, 0.4) is 0 Å². The van der Waals surface area contributed by atoms with Gasteiger partial charge in [-0.25, -0.2) is 4.79 Å². The second kappa shape index (κ2) is 3.38. The number of rotatable bonds is 1. The number of hydrogen-bond acceptors (Lipinski definition) is 4. The summed E-state index contributed by atoms with van der Waals surface area (Å²) in [5, 5.41) is 0.925. The number of carbonyl (C=O) groups is 1. The van der Waals surface area contributed by atoms with Crippen LogP contribution < -0.4 is 0 Å². The molecule has 0 aliphatic rings. The Bertz CT molecular complexity index is 490. The van der Waals surface area contributed by atoms with Crippen molar-refractivity contribution in [3.05, 3.63) is 28.9 Å². The van der Waals surface area contributed by atoms with Crippen molar-refractivity contribution in [3.8, 4) is 0 Å². The molecule has 0 atom stereocenters. The molecule has 0 fully saturated rings. The van der Waals surface area contributed by atoms with Gasteiger partial charge in [-0.3, -0.25) is 4.98 Å². The summed E-state index contributed by atoms with van der Waals surface area (Å²) in [7, 11) is 1.40. The van der Waals surface area contributed by atoms with E-state index in [1.54, 1.807) is 23.7 Å². The monoisotopic (exact) mass is 207 g/mol. The van der Waals surface area contributed by atoms with Crippen molar-refractivity contribution in [2.24, 2.45) is 0 Å². The molecule has 72 valence electrons. The first-order chi connectivity index (χ1) is 6.74. The molecule has 0 aromatic carbocycles. The summed E-state index contributed by atoms with van der Waals surface area (Å²) in [5.41, 5.74) is 0.662. The predicted molar refractivity (Wildman–Crippen MR) is 55.7 cm³/mol. The smallest absolute Gasteiger partial charge is 0.339 e. The van der Waals surface area contributed by atoms with Gasteiger partial charge < -0.3 is 4.74 Å². The minimum absolute atomic E-state index is 0.278. The molecule has 0 amide bonds. The fourth-order valence-corrected chi connectivity index (χ4v) is 2.45. The molecule has 0 spiro atoms. The zero-order chi connectivity index (χ0) is 10.1. The van der Waals surface area contributed by atoms with Crippen LogP contribution in [0, 0.1) is 6.92 Å². The van der Waals surface area contributed by atoms with E-state index in [1.807, 2.05) is 13.0 Å². The molecule has 0 radical (unpaired) electrons. The van der Waals surface area contributed by atoms with Crippen LogP contribution in [0.2, 0.25) is 0 Å². The second-order valence-electron chi connectivity index (χ2n) is 2.90. The van der Waals surface area contributed by atoms with E-state index in [4.69, 9.17) is 4.74 Å². The van der Waals surface area contributed by atoms with Crippen molar-refractivity contribution in [3.63, 3.8) is 0 Å². The fraction of sp³-hybridized carbons (Fsp3) is 0.200. The molecule has 0 N–H and O–H groups in total. The van der Waals surface area contributed by atoms with Gasteiger partial charge in [-0.15, -0.1) is 11.3 Å². The molecular weight excluding hydrogens is 198 g/mol. The summed E-state index contributed by atoms with van der Waals surface area (Å²) < 4.78 is 5.75. The normalized spacial score (nSPS) is 10.4. The van der Waals surface area contributed by atoms with Crippen LogP contribution in [0.4, 0.5) is 0 Å². The lowest BCUT2D eigenvalue weighted by molar-refractivity contribution is 0.0603. The number of ether oxygens (including phenoxy) is 1. The molecule has 4 heteroatoms. The van der Waals surface area contributed by atoms with Gasteiger partial charge in [0.2, 0.25) is 0 Å². The van der Waals surface area contributed by atoms with Crippen LogP contribution in [0.25, 0.3) is 10.1 Å². The Hall–Kier alpha value is -1.42. The van der Waals surface area contributed by atoms with Crippen molar-refractivity contribution in [1.82, 2.24) is 4.98 Å². The molecule has 2 heterocycles. The Morgan fingerprint density at radius 1 is 1.57 bits per heavy atom. The summed E-state index contributed by atoms with van der Waals surface area (Å²) in [4.78, 5) is 16.5. The number of carbonyl (C=O) groups excluding carboxylic acids is 1. The number of thiophene rings is 1. The number of hydrogen-bond donors (Lipinski definition) is 0. The maximum atomic E-state index is 11.5. The van der Waals surface area contributed by atoms with E-state index in [-0.39, 0.29) is 5.97 Å². The summed E-state index contributed by atoms with van der Waals surface area (Å²) >= 11 is 1.56. The number of nitrogens with zero attached hydrogens (tertiary/aromatic N) is 1. The van der Waals surface area contributed by atoms with E-state index in [0.29, 0.717) is 5.56 Å². The molecule has 2 aromatic rings. The van der Waals surface area contributed by atoms with E-state index < -0.39 is 0 Å². The number of fused-ring (bicyclic) bond motifs is 1. The average molecular weight is 207 g/mol. The van der Waals surface area contributed by atoms with Crippen molar-refractivity contribution in [2.75, 3.05) is 7.11 Å². The van der Waals surface area contributed by atoms with E-state index in [9.17, 15) is 4.79 Å². The van der Waals surface area contributed by atoms with Crippen molar-refractivity contribution >= 4 is 27.4 Å². The van der Waals surface area contributed by atoms with Gasteiger partial charge in [0.15, 0.2) is 0 Å². The zero-order valence-electron chi connectivity index (χ0n) is 7.90. The van der Waals surface area contributed by atoms with Crippen molar-refractivity contribution < 1.29 is 9.53 Å². The number of methoxy groups -OCH3 is 1. The summed E-state index contributed by atoms with van der Waals surface area (Å²) in [6, 6.07) is 1.84. The summed E-state index contributed by atoms with van der Waals surface area (Å²) in [6.45, 7) is 1.91. The molecule has 0 aliphatic heterocycles. The predicted octanol–water partition coefficient (Wildman–Crippen LogP) is 2.39. The third kappa shape index (κ3) is 1.28. The highest BCUT2D eigenvalue weighted by Gasteiger charge is 2.16. The van der Waals surface area contributed by atoms with Crippen LogP contribution in [-0.2, 0) is 4.74 Å². The molecule has 0 saturated carbocycles. The first-order valence-electron chi connectivity index (χ1n) is 4.15. The van der Waals surface area contributed by atoms with E-state index in [0.717, 1.165) is 15.0 Å². The van der Waals surface area contributed by atoms with Gasteiger partial charge in [0.1, 0.15) is 0 Å². The number of aryl methyl sites for hydroxylation is 1. The third-order valence-corrected chi connectivity index (χ3v) is 3.11. The Morgan fingerprint density at radius 2 is 2.36 bits per heavy atom. The maximum Gasteiger partial charge on any atom is 0.339 e. The van der Waals surface area contributed by atoms with Crippen LogP contribution >= 0.6 is 11.3 Å². The molecule has 0 bridgehead atoms. The van der Waals surface area contributed by atoms with Gasteiger partial charge in [0.25, 0.3) is 0 Å². The zero-order valence-corrected chi connectivity index (χ0v) is 8.72. The van der Waals surface area contributed by atoms with Gasteiger partial charge >= 0.3 is 5.97 Å². The molecule has 0 aliphatic carbocycles. The molecule has 0 saturated heterocycles. The second-order valence-corrected chi connectivity index (χ2v) is 4.15. The van der Waals surface area contributed by atoms with E-state index in [2.05, 4.69) is 4.98 Å². The Balaban J connectivity index is 2.74. The van der Waals surface area contributed by atoms with Gasteiger partial charge in [-0.05, 0) is 13.0 Å². The van der Waals surface area contributed by atoms with Gasteiger partial charge in [-0.2, -0.15) is 0 Å². The molecule has 3 nitrogen and oxygen atoms in total. The highest BCUT2D eigenvalue weighted by molar-refractivity contribution is 7.19. The first-order valence-corrected chi connectivity index (χ1v) is 4.97. The quantitative estimate of drug-likeness (QED) is 0.674. The summed E-state index contributed by atoms with van der Waals surface area (Å²) in [6.07, 6.45) is 3.44. The maximum absolute atomic E-state index is 11.5. The SMILES string of the molecule is COC(=O)c1c(C)sc2cnccc12. The highest BCUT2D eigenvalue weighted by atomic mass is 32.1. The summed E-state index contributed by atoms with van der Waals surface area (Å²) in [5.74, 6) is -0.278. The van der Waals surface area contributed by atoms with Crippen LogP contribution in [0.1, 0.15) is 15.2 Å². The molecule has 14 heavy (non-hydrogen) atoms. The van der Waals surface area contributed by atoms with Gasteiger partial charge in [0, 0.05) is 22.7 Å². The van der Waals surface area contributed by atoms with Crippen LogP contribution in [-0.4, -0.2) is 18.1 Å². The molecule has 2 aromatic heterocycles. The molecule has 2 rings (SSSR count). The fourth-order valence-electron chi connectivity index (χ4n) is 1.43. The van der Waals surface area contributed by atoms with E-state index >= 15 is 0 Å². The van der Waals surface area contributed by atoms with Gasteiger partial charge in [-0.1, -0.05) is 0 Å². The lowest BCUT2D eigenvalue weighted by Gasteiger charge is -1.97. The minimum atomic E-state index is -0.278. The van der Waals surface area contributed by atoms with Crippen LogP contribution in [0.15, 0.2) is 18.5 Å². The van der Waals surface area contributed by atoms with Crippen LogP contribution in [0.5, 0.6) is 0 Å². The number of esters is 1. The lowest BCUT2D eigenvalue weighted by atomic mass is 10.2. The Morgan fingerprint density at radius 3 is 3.07 bits per heavy atom. The third-order valence-electron chi connectivity index (χ3n) is 2.06. The first kappa shape index (κ1) is 9.15.